The van der Waals surface area contributed by atoms with E-state index in [0.717, 1.165) is 5.41 Å². The van der Waals surface area contributed by atoms with Crippen LogP contribution in [0.15, 0.2) is 0 Å². The van der Waals surface area contributed by atoms with Crippen LogP contribution in [0.2, 0.25) is 0 Å². The third-order valence-corrected chi connectivity index (χ3v) is 4.51. The zero-order valence-electron chi connectivity index (χ0n) is 8.05. The normalized spacial score (nSPS) is 44.8. The first-order valence-electron chi connectivity index (χ1n) is 5.46. The summed E-state index contributed by atoms with van der Waals surface area (Å²) in [7, 11) is 2.27. The molecule has 0 aromatic carbocycles. The third kappa shape index (κ3) is 1.02. The van der Waals surface area contributed by atoms with Crippen molar-refractivity contribution in [3.05, 3.63) is 0 Å². The molecule has 12 heavy (non-hydrogen) atoms. The SMILES string of the molecule is CN1CCC2(CC1)CC1CC1C2. The number of piperidine rings is 1. The number of nitrogens with zero attached hydrogens (tertiary/aromatic N) is 1. The highest BCUT2D eigenvalue weighted by molar-refractivity contribution is 5.04. The van der Waals surface area contributed by atoms with Crippen molar-refractivity contribution in [3.8, 4) is 0 Å². The second-order valence-corrected chi connectivity index (χ2v) is 5.47. The van der Waals surface area contributed by atoms with Crippen LogP contribution in [-0.2, 0) is 0 Å². The Kier molecular flexibility index (Phi) is 1.39. The molecule has 2 atom stereocenters. The van der Waals surface area contributed by atoms with E-state index in [2.05, 4.69) is 11.9 Å². The van der Waals surface area contributed by atoms with Crippen molar-refractivity contribution >= 4 is 0 Å². The molecule has 2 unspecified atom stereocenters. The molecule has 0 radical (unpaired) electrons. The summed E-state index contributed by atoms with van der Waals surface area (Å²) >= 11 is 0. The van der Waals surface area contributed by atoms with Gasteiger partial charge in [0.1, 0.15) is 0 Å². The van der Waals surface area contributed by atoms with Crippen molar-refractivity contribution in [1.82, 2.24) is 4.90 Å². The minimum Gasteiger partial charge on any atom is -0.306 e. The molecule has 1 spiro atoms. The molecule has 1 heteroatoms. The van der Waals surface area contributed by atoms with E-state index >= 15 is 0 Å². The number of fused-ring (bicyclic) bond motifs is 1. The molecule has 1 aliphatic heterocycles. The van der Waals surface area contributed by atoms with Crippen LogP contribution in [0.3, 0.4) is 0 Å². The van der Waals surface area contributed by atoms with E-state index in [9.17, 15) is 0 Å². The first-order chi connectivity index (χ1) is 5.77. The summed E-state index contributed by atoms with van der Waals surface area (Å²) in [6.45, 7) is 2.72. The Bertz CT molecular complexity index is 179. The highest BCUT2D eigenvalue weighted by Gasteiger charge is 2.53. The fraction of sp³-hybridized carbons (Fsp3) is 1.00. The molecule has 1 saturated heterocycles. The highest BCUT2D eigenvalue weighted by Crippen LogP contribution is 2.62. The Morgan fingerprint density at radius 3 is 2.25 bits per heavy atom. The van der Waals surface area contributed by atoms with E-state index in [1.165, 1.54) is 37.8 Å². The van der Waals surface area contributed by atoms with E-state index in [-0.39, 0.29) is 0 Å². The van der Waals surface area contributed by atoms with Gasteiger partial charge >= 0.3 is 0 Å². The second kappa shape index (κ2) is 2.25. The van der Waals surface area contributed by atoms with Crippen LogP contribution < -0.4 is 0 Å². The van der Waals surface area contributed by atoms with Crippen LogP contribution in [0, 0.1) is 17.3 Å². The molecular weight excluding hydrogens is 146 g/mol. The Labute approximate surface area is 75.1 Å². The maximum atomic E-state index is 2.50. The van der Waals surface area contributed by atoms with Gasteiger partial charge in [-0.1, -0.05) is 0 Å². The fourth-order valence-corrected chi connectivity index (χ4v) is 3.51. The summed E-state index contributed by atoms with van der Waals surface area (Å²) in [5, 5.41) is 0. The topological polar surface area (TPSA) is 3.24 Å². The summed E-state index contributed by atoms with van der Waals surface area (Å²) in [4.78, 5) is 2.50. The number of hydrogen-bond acceptors (Lipinski definition) is 1. The predicted octanol–water partition coefficient (Wildman–Crippen LogP) is 2.13. The summed E-state index contributed by atoms with van der Waals surface area (Å²) in [5.41, 5.74) is 0.833. The molecule has 68 valence electrons. The van der Waals surface area contributed by atoms with Gasteiger partial charge < -0.3 is 4.90 Å². The van der Waals surface area contributed by atoms with E-state index in [1.54, 1.807) is 19.3 Å². The minimum atomic E-state index is 0.833. The molecule has 0 bridgehead atoms. The van der Waals surface area contributed by atoms with Crippen molar-refractivity contribution < 1.29 is 0 Å². The quantitative estimate of drug-likeness (QED) is 0.531. The lowest BCUT2D eigenvalue weighted by Crippen LogP contribution is -2.37. The van der Waals surface area contributed by atoms with E-state index < -0.39 is 0 Å². The van der Waals surface area contributed by atoms with Crippen molar-refractivity contribution in [2.45, 2.75) is 32.1 Å². The molecular formula is C11H19N. The fourth-order valence-electron chi connectivity index (χ4n) is 3.51. The van der Waals surface area contributed by atoms with Crippen molar-refractivity contribution in [1.29, 1.82) is 0 Å². The van der Waals surface area contributed by atoms with E-state index in [1.807, 2.05) is 0 Å². The lowest BCUT2D eigenvalue weighted by atomic mass is 9.75. The lowest BCUT2D eigenvalue weighted by Gasteiger charge is -2.39. The van der Waals surface area contributed by atoms with Crippen molar-refractivity contribution in [3.63, 3.8) is 0 Å². The molecule has 3 fully saturated rings. The maximum absolute atomic E-state index is 2.50. The molecule has 3 rings (SSSR count). The molecule has 2 aliphatic carbocycles. The van der Waals surface area contributed by atoms with Crippen LogP contribution >= 0.6 is 0 Å². The van der Waals surface area contributed by atoms with Gasteiger partial charge in [0, 0.05) is 0 Å². The summed E-state index contributed by atoms with van der Waals surface area (Å²) < 4.78 is 0. The van der Waals surface area contributed by atoms with Crippen molar-refractivity contribution in [2.24, 2.45) is 17.3 Å². The number of hydrogen-bond donors (Lipinski definition) is 0. The Morgan fingerprint density at radius 2 is 1.67 bits per heavy atom. The molecule has 0 aromatic rings. The molecule has 1 heterocycles. The Hall–Kier alpha value is -0.0400. The summed E-state index contributed by atoms with van der Waals surface area (Å²) in [5.74, 6) is 2.35. The van der Waals surface area contributed by atoms with Crippen LogP contribution in [0.25, 0.3) is 0 Å². The van der Waals surface area contributed by atoms with Gasteiger partial charge in [-0.05, 0) is 69.5 Å². The molecule has 3 aliphatic rings. The zero-order valence-corrected chi connectivity index (χ0v) is 8.05. The second-order valence-electron chi connectivity index (χ2n) is 5.47. The first kappa shape index (κ1) is 7.37. The summed E-state index contributed by atoms with van der Waals surface area (Å²) in [6.07, 6.45) is 7.75. The van der Waals surface area contributed by atoms with Gasteiger partial charge in [-0.3, -0.25) is 0 Å². The van der Waals surface area contributed by atoms with Crippen LogP contribution in [-0.4, -0.2) is 25.0 Å². The van der Waals surface area contributed by atoms with Gasteiger partial charge in [0.25, 0.3) is 0 Å². The van der Waals surface area contributed by atoms with Gasteiger partial charge in [0.05, 0.1) is 0 Å². The standard InChI is InChI=1S/C11H19N/c1-12-4-2-11(3-5-12)7-9-6-10(9)8-11/h9-10H,2-8H2,1H3. The molecule has 0 amide bonds. The first-order valence-corrected chi connectivity index (χ1v) is 5.46. The monoisotopic (exact) mass is 165 g/mol. The highest BCUT2D eigenvalue weighted by atomic mass is 15.1. The van der Waals surface area contributed by atoms with Crippen LogP contribution in [0.1, 0.15) is 32.1 Å². The molecule has 0 N–H and O–H groups in total. The van der Waals surface area contributed by atoms with Gasteiger partial charge in [0.2, 0.25) is 0 Å². The molecule has 1 nitrogen and oxygen atoms in total. The molecule has 2 saturated carbocycles. The van der Waals surface area contributed by atoms with Crippen LogP contribution in [0.4, 0.5) is 0 Å². The predicted molar refractivity (Wildman–Crippen MR) is 50.0 cm³/mol. The van der Waals surface area contributed by atoms with Gasteiger partial charge in [0.15, 0.2) is 0 Å². The Balaban J connectivity index is 1.68. The average Bonchev–Trinajstić information content (AvgIpc) is 2.68. The largest absolute Gasteiger partial charge is 0.306 e. The lowest BCUT2D eigenvalue weighted by molar-refractivity contribution is 0.115. The zero-order chi connectivity index (χ0) is 8.18. The van der Waals surface area contributed by atoms with E-state index in [4.69, 9.17) is 0 Å². The van der Waals surface area contributed by atoms with Crippen molar-refractivity contribution in [2.75, 3.05) is 20.1 Å². The minimum absolute atomic E-state index is 0.833. The van der Waals surface area contributed by atoms with Gasteiger partial charge in [-0.25, -0.2) is 0 Å². The third-order valence-electron chi connectivity index (χ3n) is 4.51. The smallest absolute Gasteiger partial charge is 0.00165 e. The van der Waals surface area contributed by atoms with E-state index in [0.29, 0.717) is 0 Å². The number of likely N-dealkylation sites (tertiary alicyclic amines) is 1. The number of rotatable bonds is 0. The summed E-state index contributed by atoms with van der Waals surface area (Å²) in [6, 6.07) is 0. The Morgan fingerprint density at radius 1 is 1.08 bits per heavy atom. The average molecular weight is 165 g/mol. The maximum Gasteiger partial charge on any atom is -0.00165 e. The van der Waals surface area contributed by atoms with Gasteiger partial charge in [-0.2, -0.15) is 0 Å². The van der Waals surface area contributed by atoms with Gasteiger partial charge in [-0.15, -0.1) is 0 Å². The molecule has 0 aromatic heterocycles. The van der Waals surface area contributed by atoms with Crippen LogP contribution in [0.5, 0.6) is 0 Å².